The average molecular weight is 339 g/mol. The first-order valence-corrected chi connectivity index (χ1v) is 7.96. The molecule has 1 aromatic carbocycles. The summed E-state index contributed by atoms with van der Waals surface area (Å²) in [5, 5.41) is 10.6. The van der Waals surface area contributed by atoms with E-state index in [0.29, 0.717) is 0 Å². The molecular weight excluding hydrogens is 324 g/mol. The fourth-order valence-corrected chi connectivity index (χ4v) is 3.98. The van der Waals surface area contributed by atoms with Crippen LogP contribution in [0.2, 0.25) is 0 Å². The number of ether oxygens (including phenoxy) is 1. The van der Waals surface area contributed by atoms with Crippen LogP contribution in [0.15, 0.2) is 28.1 Å². The number of hydrogen-bond donors (Lipinski definition) is 1. The molecule has 0 bridgehead atoms. The zero-order valence-corrected chi connectivity index (χ0v) is 13.1. The first-order valence-electron chi connectivity index (χ1n) is 6.35. The molecule has 0 radical (unpaired) electrons. The van der Waals surface area contributed by atoms with Crippen molar-refractivity contribution >= 4 is 27.3 Å². The monoisotopic (exact) mass is 338 g/mol. The normalized spacial score (nSPS) is 15.7. The van der Waals surface area contributed by atoms with Gasteiger partial charge in [-0.1, -0.05) is 18.2 Å². The predicted molar refractivity (Wildman–Crippen MR) is 81.1 cm³/mol. The van der Waals surface area contributed by atoms with Crippen molar-refractivity contribution in [1.29, 1.82) is 0 Å². The van der Waals surface area contributed by atoms with Crippen molar-refractivity contribution in [1.82, 2.24) is 0 Å². The van der Waals surface area contributed by atoms with Crippen molar-refractivity contribution in [3.05, 3.63) is 49.6 Å². The van der Waals surface area contributed by atoms with Crippen LogP contribution >= 0.6 is 27.3 Å². The number of benzene rings is 1. The summed E-state index contributed by atoms with van der Waals surface area (Å²) in [5.41, 5.74) is 3.24. The fraction of sp³-hybridized carbons (Fsp3) is 0.333. The van der Waals surface area contributed by atoms with Gasteiger partial charge in [-0.25, -0.2) is 0 Å². The predicted octanol–water partition coefficient (Wildman–Crippen LogP) is 4.23. The molecule has 1 unspecified atom stereocenters. The van der Waals surface area contributed by atoms with E-state index < -0.39 is 6.10 Å². The molecule has 2 nitrogen and oxygen atoms in total. The first-order chi connectivity index (χ1) is 9.16. The molecule has 0 saturated heterocycles. The molecule has 19 heavy (non-hydrogen) atoms. The summed E-state index contributed by atoms with van der Waals surface area (Å²) < 4.78 is 6.84. The minimum atomic E-state index is -0.608. The van der Waals surface area contributed by atoms with Crippen molar-refractivity contribution in [2.75, 3.05) is 6.61 Å². The van der Waals surface area contributed by atoms with Gasteiger partial charge in [0, 0.05) is 10.4 Å². The first kappa shape index (κ1) is 13.2. The van der Waals surface area contributed by atoms with Gasteiger partial charge in [-0.15, -0.1) is 11.3 Å². The minimum absolute atomic E-state index is 0.608. The van der Waals surface area contributed by atoms with Gasteiger partial charge >= 0.3 is 0 Å². The Labute approximate surface area is 125 Å². The summed E-state index contributed by atoms with van der Waals surface area (Å²) in [4.78, 5) is 0.951. The summed E-state index contributed by atoms with van der Waals surface area (Å²) in [6.07, 6.45) is 1.47. The molecule has 0 aliphatic carbocycles. The lowest BCUT2D eigenvalue weighted by atomic mass is 9.98. The number of thiophene rings is 1. The highest BCUT2D eigenvalue weighted by Gasteiger charge is 2.22. The summed E-state index contributed by atoms with van der Waals surface area (Å²) >= 11 is 5.09. The molecule has 1 aliphatic rings. The molecule has 1 N–H and O–H groups in total. The van der Waals surface area contributed by atoms with Gasteiger partial charge in [0.2, 0.25) is 0 Å². The second-order valence-electron chi connectivity index (χ2n) is 4.80. The van der Waals surface area contributed by atoms with Gasteiger partial charge in [-0.3, -0.25) is 0 Å². The van der Waals surface area contributed by atoms with Crippen molar-refractivity contribution in [3.63, 3.8) is 0 Å². The Morgan fingerprint density at radius 1 is 1.42 bits per heavy atom. The molecule has 3 rings (SSSR count). The maximum Gasteiger partial charge on any atom is 0.128 e. The molecule has 1 aromatic heterocycles. The number of para-hydroxylation sites is 1. The molecule has 1 aliphatic heterocycles. The topological polar surface area (TPSA) is 29.5 Å². The smallest absolute Gasteiger partial charge is 0.128 e. The minimum Gasteiger partial charge on any atom is -0.493 e. The number of aliphatic hydroxyl groups excluding tert-OH is 1. The molecule has 0 spiro atoms. The van der Waals surface area contributed by atoms with Gasteiger partial charge in [0.15, 0.2) is 0 Å². The third-order valence-corrected chi connectivity index (χ3v) is 5.59. The van der Waals surface area contributed by atoms with Gasteiger partial charge in [0.1, 0.15) is 11.9 Å². The highest BCUT2D eigenvalue weighted by Crippen LogP contribution is 2.39. The number of fused-ring (bicyclic) bond motifs is 1. The SMILES string of the molecule is Cc1cc(C(O)c2cccc3c2OCCC3)sc1Br. The number of halogens is 1. The van der Waals surface area contributed by atoms with E-state index in [1.54, 1.807) is 11.3 Å². The van der Waals surface area contributed by atoms with Crippen LogP contribution in [0.5, 0.6) is 5.75 Å². The summed E-state index contributed by atoms with van der Waals surface area (Å²) in [6, 6.07) is 8.07. The second kappa shape index (κ2) is 5.27. The van der Waals surface area contributed by atoms with Crippen molar-refractivity contribution in [2.45, 2.75) is 25.9 Å². The van der Waals surface area contributed by atoms with Gasteiger partial charge < -0.3 is 9.84 Å². The average Bonchev–Trinajstić information content (AvgIpc) is 2.77. The van der Waals surface area contributed by atoms with Crippen molar-refractivity contribution < 1.29 is 9.84 Å². The van der Waals surface area contributed by atoms with E-state index in [1.165, 1.54) is 5.56 Å². The van der Waals surface area contributed by atoms with E-state index in [0.717, 1.165) is 45.0 Å². The fourth-order valence-electron chi connectivity index (χ4n) is 2.40. The Balaban J connectivity index is 2.02. The van der Waals surface area contributed by atoms with Gasteiger partial charge in [0.25, 0.3) is 0 Å². The molecule has 1 atom stereocenters. The maximum atomic E-state index is 10.6. The largest absolute Gasteiger partial charge is 0.493 e. The number of aliphatic hydroxyl groups is 1. The third-order valence-electron chi connectivity index (χ3n) is 3.40. The molecule has 2 aromatic rings. The molecule has 2 heterocycles. The lowest BCUT2D eigenvalue weighted by molar-refractivity contribution is 0.210. The lowest BCUT2D eigenvalue weighted by Crippen LogP contribution is -2.12. The van der Waals surface area contributed by atoms with Crippen molar-refractivity contribution in [3.8, 4) is 5.75 Å². The molecular formula is C15H15BrO2S. The Morgan fingerprint density at radius 3 is 3.00 bits per heavy atom. The van der Waals surface area contributed by atoms with Crippen LogP contribution in [0.1, 0.15) is 34.1 Å². The van der Waals surface area contributed by atoms with Crippen LogP contribution in [0.4, 0.5) is 0 Å². The number of hydrogen-bond acceptors (Lipinski definition) is 3. The number of rotatable bonds is 2. The quantitative estimate of drug-likeness (QED) is 0.887. The summed E-state index contributed by atoms with van der Waals surface area (Å²) in [6.45, 7) is 2.78. The standard InChI is InChI=1S/C15H15BrO2S/c1-9-8-12(19-15(9)16)13(17)11-6-2-4-10-5-3-7-18-14(10)11/h2,4,6,8,13,17H,3,5,7H2,1H3. The van der Waals surface area contributed by atoms with E-state index in [-0.39, 0.29) is 0 Å². The molecule has 100 valence electrons. The highest BCUT2D eigenvalue weighted by molar-refractivity contribution is 9.11. The third kappa shape index (κ3) is 2.45. The van der Waals surface area contributed by atoms with Crippen LogP contribution in [-0.4, -0.2) is 11.7 Å². The molecule has 0 amide bonds. The lowest BCUT2D eigenvalue weighted by Gasteiger charge is -2.22. The molecule has 0 fully saturated rings. The summed E-state index contributed by atoms with van der Waals surface area (Å²) in [5.74, 6) is 0.878. The highest BCUT2D eigenvalue weighted by atomic mass is 79.9. The van der Waals surface area contributed by atoms with Gasteiger partial charge in [-0.2, -0.15) is 0 Å². The second-order valence-corrected chi connectivity index (χ2v) is 7.20. The molecule has 0 saturated carbocycles. The van der Waals surface area contributed by atoms with E-state index in [2.05, 4.69) is 22.0 Å². The van der Waals surface area contributed by atoms with Crippen molar-refractivity contribution in [2.24, 2.45) is 0 Å². The van der Waals surface area contributed by atoms with E-state index in [1.807, 2.05) is 25.1 Å². The van der Waals surface area contributed by atoms with Crippen LogP contribution in [0.25, 0.3) is 0 Å². The Morgan fingerprint density at radius 2 is 2.26 bits per heavy atom. The van der Waals surface area contributed by atoms with Gasteiger partial charge in [0.05, 0.1) is 10.4 Å². The molecule has 4 heteroatoms. The number of aryl methyl sites for hydroxylation is 2. The van der Waals surface area contributed by atoms with Crippen LogP contribution in [-0.2, 0) is 6.42 Å². The van der Waals surface area contributed by atoms with Gasteiger partial charge in [-0.05, 0) is 52.9 Å². The summed E-state index contributed by atoms with van der Waals surface area (Å²) in [7, 11) is 0. The Bertz CT molecular complexity index is 587. The van der Waals surface area contributed by atoms with Crippen LogP contribution < -0.4 is 4.74 Å². The maximum absolute atomic E-state index is 10.6. The zero-order chi connectivity index (χ0) is 13.4. The zero-order valence-electron chi connectivity index (χ0n) is 10.6. The van der Waals surface area contributed by atoms with E-state index in [9.17, 15) is 5.11 Å². The Kier molecular flexibility index (Phi) is 3.65. The van der Waals surface area contributed by atoms with Crippen LogP contribution in [0, 0.1) is 6.92 Å². The van der Waals surface area contributed by atoms with E-state index >= 15 is 0 Å². The van der Waals surface area contributed by atoms with Crippen LogP contribution in [0.3, 0.4) is 0 Å². The van der Waals surface area contributed by atoms with E-state index in [4.69, 9.17) is 4.74 Å². The Hall–Kier alpha value is -0.840.